The Morgan fingerprint density at radius 2 is 2.25 bits per heavy atom. The van der Waals surface area contributed by atoms with Crippen LogP contribution >= 0.6 is 0 Å². The van der Waals surface area contributed by atoms with Crippen molar-refractivity contribution in [3.8, 4) is 0 Å². The van der Waals surface area contributed by atoms with Gasteiger partial charge in [-0.05, 0) is 42.9 Å². The highest BCUT2D eigenvalue weighted by Gasteiger charge is 2.32. The summed E-state index contributed by atoms with van der Waals surface area (Å²) in [4.78, 5) is 12.3. The maximum atomic E-state index is 12.3. The first kappa shape index (κ1) is 13.6. The molecule has 1 aromatic rings. The molecule has 0 saturated carbocycles. The molecule has 0 radical (unpaired) electrons. The van der Waals surface area contributed by atoms with E-state index in [0.717, 1.165) is 19.5 Å². The molecule has 1 saturated heterocycles. The number of nitrogens with one attached hydrogen (secondary N) is 2. The fourth-order valence-electron chi connectivity index (χ4n) is 3.57. The summed E-state index contributed by atoms with van der Waals surface area (Å²) >= 11 is 0. The van der Waals surface area contributed by atoms with Gasteiger partial charge in [-0.15, -0.1) is 0 Å². The second kappa shape index (κ2) is 5.96. The van der Waals surface area contributed by atoms with Crippen LogP contribution in [0, 0.1) is 5.92 Å². The molecule has 20 heavy (non-hydrogen) atoms. The van der Waals surface area contributed by atoms with Crippen molar-refractivity contribution in [3.05, 3.63) is 35.4 Å². The molecule has 1 aliphatic heterocycles. The Morgan fingerprint density at radius 1 is 1.40 bits per heavy atom. The minimum atomic E-state index is 0.0786. The summed E-state index contributed by atoms with van der Waals surface area (Å²) in [5.41, 5.74) is 2.54. The first-order valence-electron chi connectivity index (χ1n) is 7.88. The van der Waals surface area contributed by atoms with Gasteiger partial charge in [-0.3, -0.25) is 4.79 Å². The van der Waals surface area contributed by atoms with Crippen molar-refractivity contribution in [2.75, 3.05) is 13.1 Å². The van der Waals surface area contributed by atoms with E-state index < -0.39 is 0 Å². The fraction of sp³-hybridized carbons (Fsp3) is 0.588. The van der Waals surface area contributed by atoms with E-state index in [0.29, 0.717) is 12.0 Å². The number of hydrogen-bond donors (Lipinski definition) is 2. The molecule has 1 aromatic carbocycles. The van der Waals surface area contributed by atoms with Crippen LogP contribution in [0.2, 0.25) is 0 Å². The van der Waals surface area contributed by atoms with Gasteiger partial charge in [-0.2, -0.15) is 0 Å². The predicted octanol–water partition coefficient (Wildman–Crippen LogP) is 2.22. The molecule has 0 bridgehead atoms. The average molecular weight is 272 g/mol. The van der Waals surface area contributed by atoms with Gasteiger partial charge in [0.15, 0.2) is 0 Å². The molecule has 3 unspecified atom stereocenters. The lowest BCUT2D eigenvalue weighted by Gasteiger charge is -2.34. The van der Waals surface area contributed by atoms with Crippen LogP contribution in [0.25, 0.3) is 0 Å². The van der Waals surface area contributed by atoms with Crippen molar-refractivity contribution in [3.63, 3.8) is 0 Å². The van der Waals surface area contributed by atoms with Gasteiger partial charge >= 0.3 is 0 Å². The summed E-state index contributed by atoms with van der Waals surface area (Å²) < 4.78 is 0. The Morgan fingerprint density at radius 3 is 3.05 bits per heavy atom. The second-order valence-corrected chi connectivity index (χ2v) is 6.07. The van der Waals surface area contributed by atoms with Gasteiger partial charge in [0.1, 0.15) is 0 Å². The average Bonchev–Trinajstić information content (AvgIpc) is 2.46. The number of carbonyl (C=O) groups excluding carboxylic acids is 1. The lowest BCUT2D eigenvalue weighted by atomic mass is 9.77. The quantitative estimate of drug-likeness (QED) is 0.882. The highest BCUT2D eigenvalue weighted by Crippen LogP contribution is 2.34. The van der Waals surface area contributed by atoms with Crippen molar-refractivity contribution in [2.45, 2.75) is 44.6 Å². The zero-order valence-electron chi connectivity index (χ0n) is 12.2. The van der Waals surface area contributed by atoms with Crippen molar-refractivity contribution in [2.24, 2.45) is 5.92 Å². The standard InChI is InChI=1S/C17H24N2O/c1-2-12-7-5-9-18-16(12)11-19-17(20)15-10-13-6-3-4-8-14(13)15/h3-4,6,8,12,15-16,18H,2,5,7,9-11H2,1H3,(H,19,20). The molecule has 3 nitrogen and oxygen atoms in total. The summed E-state index contributed by atoms with van der Waals surface area (Å²) in [6, 6.07) is 8.72. The number of carbonyl (C=O) groups is 1. The maximum absolute atomic E-state index is 12.3. The monoisotopic (exact) mass is 272 g/mol. The summed E-state index contributed by atoms with van der Waals surface area (Å²) in [6.07, 6.45) is 4.65. The van der Waals surface area contributed by atoms with E-state index in [2.05, 4.69) is 29.7 Å². The smallest absolute Gasteiger partial charge is 0.227 e. The molecule has 2 N–H and O–H groups in total. The molecule has 0 aromatic heterocycles. The fourth-order valence-corrected chi connectivity index (χ4v) is 3.57. The highest BCUT2D eigenvalue weighted by molar-refractivity contribution is 5.86. The van der Waals surface area contributed by atoms with Gasteiger partial charge in [0.05, 0.1) is 5.92 Å². The molecule has 1 aliphatic carbocycles. The number of benzene rings is 1. The zero-order chi connectivity index (χ0) is 13.9. The van der Waals surface area contributed by atoms with Gasteiger partial charge in [0.2, 0.25) is 5.91 Å². The van der Waals surface area contributed by atoms with Crippen LogP contribution in [0.15, 0.2) is 24.3 Å². The van der Waals surface area contributed by atoms with Gasteiger partial charge in [-0.25, -0.2) is 0 Å². The Balaban J connectivity index is 1.53. The Bertz CT molecular complexity index is 486. The molecule has 3 rings (SSSR count). The van der Waals surface area contributed by atoms with E-state index in [4.69, 9.17) is 0 Å². The normalized spacial score (nSPS) is 28.4. The Hall–Kier alpha value is -1.35. The van der Waals surface area contributed by atoms with E-state index in [1.54, 1.807) is 0 Å². The molecule has 1 heterocycles. The molecule has 1 amide bonds. The van der Waals surface area contributed by atoms with Crippen LogP contribution in [-0.2, 0) is 11.2 Å². The van der Waals surface area contributed by atoms with Gasteiger partial charge in [-0.1, -0.05) is 37.6 Å². The molecule has 3 heteroatoms. The van der Waals surface area contributed by atoms with Crippen molar-refractivity contribution in [1.29, 1.82) is 0 Å². The van der Waals surface area contributed by atoms with E-state index in [1.165, 1.54) is 30.4 Å². The van der Waals surface area contributed by atoms with E-state index in [9.17, 15) is 4.79 Å². The third-order valence-electron chi connectivity index (χ3n) is 4.92. The molecular weight excluding hydrogens is 248 g/mol. The first-order chi connectivity index (χ1) is 9.79. The van der Waals surface area contributed by atoms with Crippen molar-refractivity contribution >= 4 is 5.91 Å². The number of hydrogen-bond acceptors (Lipinski definition) is 2. The van der Waals surface area contributed by atoms with Crippen LogP contribution in [-0.4, -0.2) is 25.0 Å². The molecular formula is C17H24N2O. The molecule has 0 spiro atoms. The summed E-state index contributed by atoms with van der Waals surface area (Å²) in [7, 11) is 0. The molecule has 3 atom stereocenters. The Labute approximate surface area is 121 Å². The van der Waals surface area contributed by atoms with Gasteiger partial charge < -0.3 is 10.6 Å². The second-order valence-electron chi connectivity index (χ2n) is 6.07. The highest BCUT2D eigenvalue weighted by atomic mass is 16.1. The largest absolute Gasteiger partial charge is 0.354 e. The maximum Gasteiger partial charge on any atom is 0.227 e. The molecule has 2 aliphatic rings. The summed E-state index contributed by atoms with van der Waals surface area (Å²) in [5.74, 6) is 0.985. The van der Waals surface area contributed by atoms with Gasteiger partial charge in [0, 0.05) is 12.6 Å². The third-order valence-corrected chi connectivity index (χ3v) is 4.92. The lowest BCUT2D eigenvalue weighted by Crippen LogP contribution is -2.49. The lowest BCUT2D eigenvalue weighted by molar-refractivity contribution is -0.123. The van der Waals surface area contributed by atoms with Crippen LogP contribution in [0.5, 0.6) is 0 Å². The number of piperidine rings is 1. The summed E-state index contributed by atoms with van der Waals surface area (Å²) in [5, 5.41) is 6.71. The van der Waals surface area contributed by atoms with Crippen LogP contribution < -0.4 is 10.6 Å². The Kier molecular flexibility index (Phi) is 4.06. The number of fused-ring (bicyclic) bond motifs is 1. The van der Waals surface area contributed by atoms with Crippen LogP contribution in [0.4, 0.5) is 0 Å². The predicted molar refractivity (Wildman–Crippen MR) is 80.7 cm³/mol. The third kappa shape index (κ3) is 2.59. The molecule has 108 valence electrons. The van der Waals surface area contributed by atoms with Crippen molar-refractivity contribution < 1.29 is 4.79 Å². The van der Waals surface area contributed by atoms with E-state index >= 15 is 0 Å². The minimum Gasteiger partial charge on any atom is -0.354 e. The van der Waals surface area contributed by atoms with E-state index in [1.807, 2.05) is 12.1 Å². The topological polar surface area (TPSA) is 41.1 Å². The van der Waals surface area contributed by atoms with Crippen LogP contribution in [0.1, 0.15) is 43.2 Å². The van der Waals surface area contributed by atoms with Gasteiger partial charge in [0.25, 0.3) is 0 Å². The number of rotatable bonds is 4. The number of amides is 1. The van der Waals surface area contributed by atoms with Crippen LogP contribution in [0.3, 0.4) is 0 Å². The first-order valence-corrected chi connectivity index (χ1v) is 7.88. The van der Waals surface area contributed by atoms with E-state index in [-0.39, 0.29) is 11.8 Å². The summed E-state index contributed by atoms with van der Waals surface area (Å²) in [6.45, 7) is 4.11. The minimum absolute atomic E-state index is 0.0786. The SMILES string of the molecule is CCC1CCCNC1CNC(=O)C1Cc2ccccc21. The zero-order valence-corrected chi connectivity index (χ0v) is 12.2. The van der Waals surface area contributed by atoms with Crippen molar-refractivity contribution in [1.82, 2.24) is 10.6 Å². The molecule has 1 fully saturated rings.